The standard InChI is InChI=1S/C9H19BrS/c1-8(2)11-7-5-9(3)4-6-10/h8-9H,4-7H2,1-3H3. The maximum atomic E-state index is 3.46. The molecular weight excluding hydrogens is 220 g/mol. The molecule has 0 nitrogen and oxygen atoms in total. The second-order valence-corrected chi connectivity index (χ2v) is 5.77. The largest absolute Gasteiger partial charge is 0.159 e. The van der Waals surface area contributed by atoms with Crippen LogP contribution >= 0.6 is 27.7 Å². The Balaban J connectivity index is 3.10. The van der Waals surface area contributed by atoms with Gasteiger partial charge in [0.05, 0.1) is 0 Å². The van der Waals surface area contributed by atoms with Crippen LogP contribution in [-0.4, -0.2) is 16.3 Å². The number of rotatable bonds is 6. The van der Waals surface area contributed by atoms with Crippen LogP contribution < -0.4 is 0 Å². The van der Waals surface area contributed by atoms with E-state index in [-0.39, 0.29) is 0 Å². The summed E-state index contributed by atoms with van der Waals surface area (Å²) in [4.78, 5) is 0. The fourth-order valence-corrected chi connectivity index (χ4v) is 2.63. The van der Waals surface area contributed by atoms with Crippen LogP contribution in [0, 0.1) is 5.92 Å². The molecule has 0 heterocycles. The fraction of sp³-hybridized carbons (Fsp3) is 1.00. The molecule has 1 unspecified atom stereocenters. The number of alkyl halides is 1. The lowest BCUT2D eigenvalue weighted by molar-refractivity contribution is 0.555. The van der Waals surface area contributed by atoms with Crippen LogP contribution in [0.2, 0.25) is 0 Å². The van der Waals surface area contributed by atoms with Crippen molar-refractivity contribution in [1.29, 1.82) is 0 Å². The molecule has 0 amide bonds. The predicted molar refractivity (Wildman–Crippen MR) is 59.8 cm³/mol. The molecule has 0 fully saturated rings. The minimum Gasteiger partial charge on any atom is -0.159 e. The van der Waals surface area contributed by atoms with Crippen LogP contribution in [-0.2, 0) is 0 Å². The topological polar surface area (TPSA) is 0 Å². The lowest BCUT2D eigenvalue weighted by Gasteiger charge is -2.09. The van der Waals surface area contributed by atoms with E-state index < -0.39 is 0 Å². The molecule has 0 bridgehead atoms. The van der Waals surface area contributed by atoms with Crippen molar-refractivity contribution in [3.05, 3.63) is 0 Å². The van der Waals surface area contributed by atoms with E-state index in [0.29, 0.717) is 0 Å². The van der Waals surface area contributed by atoms with Gasteiger partial charge in [-0.1, -0.05) is 36.7 Å². The summed E-state index contributed by atoms with van der Waals surface area (Å²) >= 11 is 5.53. The molecule has 0 N–H and O–H groups in total. The molecule has 0 spiro atoms. The second-order valence-electron chi connectivity index (χ2n) is 3.29. The van der Waals surface area contributed by atoms with Gasteiger partial charge in [0.15, 0.2) is 0 Å². The number of halogens is 1. The van der Waals surface area contributed by atoms with E-state index in [1.165, 1.54) is 18.6 Å². The Kier molecular flexibility index (Phi) is 8.04. The Morgan fingerprint density at radius 1 is 1.18 bits per heavy atom. The first kappa shape index (κ1) is 11.8. The molecule has 0 aliphatic heterocycles. The third-order valence-corrected chi connectivity index (χ3v) is 3.26. The summed E-state index contributed by atoms with van der Waals surface area (Å²) in [5, 5.41) is 1.95. The van der Waals surface area contributed by atoms with E-state index in [1.54, 1.807) is 0 Å². The average Bonchev–Trinajstić information content (AvgIpc) is 1.87. The second kappa shape index (κ2) is 7.48. The van der Waals surface area contributed by atoms with Crippen LogP contribution in [0.4, 0.5) is 0 Å². The molecule has 2 heteroatoms. The van der Waals surface area contributed by atoms with Crippen molar-refractivity contribution < 1.29 is 0 Å². The molecule has 0 saturated heterocycles. The van der Waals surface area contributed by atoms with Gasteiger partial charge < -0.3 is 0 Å². The van der Waals surface area contributed by atoms with Gasteiger partial charge in [-0.25, -0.2) is 0 Å². The van der Waals surface area contributed by atoms with Gasteiger partial charge in [0.2, 0.25) is 0 Å². The van der Waals surface area contributed by atoms with Gasteiger partial charge in [0.1, 0.15) is 0 Å². The third-order valence-electron chi connectivity index (χ3n) is 1.66. The van der Waals surface area contributed by atoms with E-state index in [0.717, 1.165) is 16.5 Å². The molecule has 1 atom stereocenters. The molecule has 0 radical (unpaired) electrons. The Labute approximate surface area is 83.6 Å². The van der Waals surface area contributed by atoms with Crippen LogP contribution in [0.25, 0.3) is 0 Å². The summed E-state index contributed by atoms with van der Waals surface area (Å²) in [6.45, 7) is 6.86. The zero-order valence-corrected chi connectivity index (χ0v) is 10.2. The maximum Gasteiger partial charge on any atom is 0.00338 e. The number of hydrogen-bond donors (Lipinski definition) is 0. The maximum absolute atomic E-state index is 3.46. The summed E-state index contributed by atoms with van der Waals surface area (Å²) < 4.78 is 0. The Hall–Kier alpha value is 0.830. The fourth-order valence-electron chi connectivity index (χ4n) is 0.836. The van der Waals surface area contributed by atoms with E-state index >= 15 is 0 Å². The van der Waals surface area contributed by atoms with Gasteiger partial charge >= 0.3 is 0 Å². The summed E-state index contributed by atoms with van der Waals surface area (Å²) in [5.41, 5.74) is 0. The van der Waals surface area contributed by atoms with Crippen molar-refractivity contribution in [2.45, 2.75) is 38.9 Å². The first-order valence-corrected chi connectivity index (χ1v) is 6.51. The highest BCUT2D eigenvalue weighted by molar-refractivity contribution is 9.09. The van der Waals surface area contributed by atoms with Crippen molar-refractivity contribution in [2.24, 2.45) is 5.92 Å². The first-order chi connectivity index (χ1) is 5.16. The molecule has 0 aliphatic rings. The number of thioether (sulfide) groups is 1. The van der Waals surface area contributed by atoms with E-state index in [4.69, 9.17) is 0 Å². The third kappa shape index (κ3) is 8.74. The SMILES string of the molecule is CC(CCBr)CCSC(C)C. The lowest BCUT2D eigenvalue weighted by Crippen LogP contribution is -1.99. The highest BCUT2D eigenvalue weighted by Crippen LogP contribution is 2.16. The van der Waals surface area contributed by atoms with Gasteiger partial charge in [0.25, 0.3) is 0 Å². The van der Waals surface area contributed by atoms with E-state index in [2.05, 4.69) is 48.5 Å². The van der Waals surface area contributed by atoms with E-state index in [1.807, 2.05) is 0 Å². The number of hydrogen-bond acceptors (Lipinski definition) is 1. The molecule has 0 aromatic heterocycles. The Morgan fingerprint density at radius 3 is 2.27 bits per heavy atom. The highest BCUT2D eigenvalue weighted by atomic mass is 79.9. The van der Waals surface area contributed by atoms with Crippen molar-refractivity contribution in [3.63, 3.8) is 0 Å². The smallest absolute Gasteiger partial charge is 0.00338 e. The van der Waals surface area contributed by atoms with Gasteiger partial charge in [0, 0.05) is 5.33 Å². The Bertz CT molecular complexity index is 83.6. The van der Waals surface area contributed by atoms with Gasteiger partial charge in [-0.2, -0.15) is 11.8 Å². The molecule has 0 rings (SSSR count). The molecule has 68 valence electrons. The molecule has 0 aliphatic carbocycles. The lowest BCUT2D eigenvalue weighted by atomic mass is 10.1. The van der Waals surface area contributed by atoms with Crippen molar-refractivity contribution in [1.82, 2.24) is 0 Å². The van der Waals surface area contributed by atoms with Crippen molar-refractivity contribution >= 4 is 27.7 Å². The van der Waals surface area contributed by atoms with Crippen LogP contribution in [0.1, 0.15) is 33.6 Å². The predicted octanol–water partition coefficient (Wildman–Crippen LogP) is 3.94. The normalized spacial score (nSPS) is 13.9. The molecule has 0 aromatic carbocycles. The van der Waals surface area contributed by atoms with Crippen molar-refractivity contribution in [2.75, 3.05) is 11.1 Å². The summed E-state index contributed by atoms with van der Waals surface area (Å²) in [7, 11) is 0. The zero-order valence-electron chi connectivity index (χ0n) is 7.77. The van der Waals surface area contributed by atoms with Crippen molar-refractivity contribution in [3.8, 4) is 0 Å². The summed E-state index contributed by atoms with van der Waals surface area (Å²) in [6, 6.07) is 0. The summed E-state index contributed by atoms with van der Waals surface area (Å²) in [5.74, 6) is 2.21. The quantitative estimate of drug-likeness (QED) is 0.632. The highest BCUT2D eigenvalue weighted by Gasteiger charge is 2.01. The van der Waals surface area contributed by atoms with Crippen LogP contribution in [0.3, 0.4) is 0 Å². The average molecular weight is 239 g/mol. The van der Waals surface area contributed by atoms with E-state index in [9.17, 15) is 0 Å². The minimum absolute atomic E-state index is 0.797. The summed E-state index contributed by atoms with van der Waals surface area (Å²) in [6.07, 6.45) is 2.69. The van der Waals surface area contributed by atoms with Gasteiger partial charge in [-0.15, -0.1) is 0 Å². The zero-order chi connectivity index (χ0) is 8.69. The molecule has 0 aromatic rings. The molecule has 11 heavy (non-hydrogen) atoms. The van der Waals surface area contributed by atoms with Gasteiger partial charge in [-0.3, -0.25) is 0 Å². The monoisotopic (exact) mass is 238 g/mol. The molecule has 0 saturated carbocycles. The minimum atomic E-state index is 0.797. The van der Waals surface area contributed by atoms with Crippen LogP contribution in [0.15, 0.2) is 0 Å². The van der Waals surface area contributed by atoms with Crippen LogP contribution in [0.5, 0.6) is 0 Å². The first-order valence-electron chi connectivity index (χ1n) is 4.34. The molecular formula is C9H19BrS. The Morgan fingerprint density at radius 2 is 1.82 bits per heavy atom. The van der Waals surface area contributed by atoms with Gasteiger partial charge in [-0.05, 0) is 29.8 Å².